The average Bonchev–Trinajstić information content (AvgIpc) is 2.21. The van der Waals surface area contributed by atoms with Crippen LogP contribution in [0.4, 0.5) is 4.39 Å². The fourth-order valence-corrected chi connectivity index (χ4v) is 1.56. The summed E-state index contributed by atoms with van der Waals surface area (Å²) < 4.78 is 17.9. The number of carbonyl (C=O) groups excluding carboxylic acids is 1. The largest absolute Gasteiger partial charge is 0.469 e. The van der Waals surface area contributed by atoms with E-state index in [0.717, 1.165) is 11.1 Å². The van der Waals surface area contributed by atoms with E-state index >= 15 is 0 Å². The lowest BCUT2D eigenvalue weighted by molar-refractivity contribution is -0.139. The number of benzene rings is 1. The highest BCUT2D eigenvalue weighted by atomic mass is 35.5. The Morgan fingerprint density at radius 2 is 2.13 bits per heavy atom. The van der Waals surface area contributed by atoms with Crippen molar-refractivity contribution in [1.82, 2.24) is 0 Å². The first-order chi connectivity index (χ1) is 7.08. The summed E-state index contributed by atoms with van der Waals surface area (Å²) in [4.78, 5) is 11.0. The Balaban J connectivity index is 3.02. The molecule has 1 aromatic carbocycles. The maximum absolute atomic E-state index is 13.4. The quantitative estimate of drug-likeness (QED) is 0.589. The molecule has 1 rings (SSSR count). The molecule has 0 fully saturated rings. The highest BCUT2D eigenvalue weighted by molar-refractivity contribution is 6.17. The zero-order chi connectivity index (χ0) is 11.4. The number of halogens is 2. The van der Waals surface area contributed by atoms with Crippen LogP contribution in [-0.4, -0.2) is 13.1 Å². The van der Waals surface area contributed by atoms with Gasteiger partial charge in [-0.15, -0.1) is 11.6 Å². The van der Waals surface area contributed by atoms with Crippen LogP contribution >= 0.6 is 11.6 Å². The number of methoxy groups -OCH3 is 1. The van der Waals surface area contributed by atoms with Crippen LogP contribution < -0.4 is 0 Å². The third-order valence-corrected chi connectivity index (χ3v) is 2.50. The van der Waals surface area contributed by atoms with Crippen LogP contribution in [0.3, 0.4) is 0 Å². The zero-order valence-electron chi connectivity index (χ0n) is 8.64. The van der Waals surface area contributed by atoms with Gasteiger partial charge >= 0.3 is 5.97 Å². The molecule has 0 bridgehead atoms. The van der Waals surface area contributed by atoms with Crippen molar-refractivity contribution in [2.45, 2.75) is 19.2 Å². The number of alkyl halides is 1. The molecule has 0 radical (unpaired) electrons. The van der Waals surface area contributed by atoms with Crippen molar-refractivity contribution in [2.24, 2.45) is 0 Å². The van der Waals surface area contributed by atoms with E-state index in [1.807, 2.05) is 0 Å². The number of rotatable bonds is 3. The lowest BCUT2D eigenvalue weighted by atomic mass is 10.0. The van der Waals surface area contributed by atoms with Crippen molar-refractivity contribution in [1.29, 1.82) is 0 Å². The van der Waals surface area contributed by atoms with Gasteiger partial charge in [-0.3, -0.25) is 4.79 Å². The molecular formula is C11H12ClFO2. The van der Waals surface area contributed by atoms with E-state index in [2.05, 4.69) is 4.74 Å². The number of hydrogen-bond acceptors (Lipinski definition) is 2. The molecule has 0 saturated carbocycles. The Labute approximate surface area is 93.0 Å². The number of carbonyl (C=O) groups is 1. The van der Waals surface area contributed by atoms with Crippen molar-refractivity contribution in [3.8, 4) is 0 Å². The van der Waals surface area contributed by atoms with Gasteiger partial charge in [-0.25, -0.2) is 4.39 Å². The van der Waals surface area contributed by atoms with Crippen LogP contribution in [0.15, 0.2) is 12.1 Å². The van der Waals surface area contributed by atoms with Crippen molar-refractivity contribution in [3.63, 3.8) is 0 Å². The van der Waals surface area contributed by atoms with Crippen LogP contribution in [0.1, 0.15) is 16.7 Å². The highest BCUT2D eigenvalue weighted by Crippen LogP contribution is 2.18. The van der Waals surface area contributed by atoms with Gasteiger partial charge in [0.2, 0.25) is 0 Å². The number of ether oxygens (including phenoxy) is 1. The third-order valence-electron chi connectivity index (χ3n) is 2.21. The predicted molar refractivity (Wildman–Crippen MR) is 56.4 cm³/mol. The second-order valence-corrected chi connectivity index (χ2v) is 3.52. The van der Waals surface area contributed by atoms with Gasteiger partial charge in [-0.05, 0) is 29.7 Å². The van der Waals surface area contributed by atoms with Crippen LogP contribution in [0, 0.1) is 12.7 Å². The average molecular weight is 231 g/mol. The van der Waals surface area contributed by atoms with Crippen molar-refractivity contribution >= 4 is 17.6 Å². The second-order valence-electron chi connectivity index (χ2n) is 3.26. The van der Waals surface area contributed by atoms with E-state index in [0.29, 0.717) is 11.4 Å². The second kappa shape index (κ2) is 5.12. The summed E-state index contributed by atoms with van der Waals surface area (Å²) in [6, 6.07) is 2.99. The molecule has 0 heterocycles. The van der Waals surface area contributed by atoms with Crippen molar-refractivity contribution in [3.05, 3.63) is 34.6 Å². The summed E-state index contributed by atoms with van der Waals surface area (Å²) >= 11 is 5.69. The third kappa shape index (κ3) is 2.93. The molecule has 0 saturated heterocycles. The number of aryl methyl sites for hydroxylation is 1. The summed E-state index contributed by atoms with van der Waals surface area (Å²) in [7, 11) is 1.27. The van der Waals surface area contributed by atoms with Gasteiger partial charge in [0, 0.05) is 5.88 Å². The molecule has 0 aliphatic carbocycles. The monoisotopic (exact) mass is 230 g/mol. The Bertz CT molecular complexity index is 377. The summed E-state index contributed by atoms with van der Waals surface area (Å²) in [6.07, 6.45) is -0.0630. The van der Waals surface area contributed by atoms with E-state index in [1.165, 1.54) is 13.2 Å². The molecule has 4 heteroatoms. The van der Waals surface area contributed by atoms with Gasteiger partial charge < -0.3 is 4.74 Å². The van der Waals surface area contributed by atoms with Crippen LogP contribution in [0.2, 0.25) is 0 Å². The molecule has 2 nitrogen and oxygen atoms in total. The molecule has 1 aromatic rings. The van der Waals surface area contributed by atoms with E-state index in [9.17, 15) is 9.18 Å². The molecular weight excluding hydrogens is 219 g/mol. The number of esters is 1. The normalized spacial score (nSPS) is 10.1. The Morgan fingerprint density at radius 3 is 2.67 bits per heavy atom. The SMILES string of the molecule is COC(=O)Cc1cc(CCl)c(C)cc1F. The molecule has 0 unspecified atom stereocenters. The lowest BCUT2D eigenvalue weighted by Crippen LogP contribution is -2.07. The lowest BCUT2D eigenvalue weighted by Gasteiger charge is -2.07. The topological polar surface area (TPSA) is 26.3 Å². The van der Waals surface area contributed by atoms with E-state index in [-0.39, 0.29) is 6.42 Å². The molecule has 82 valence electrons. The van der Waals surface area contributed by atoms with Gasteiger partial charge in [0.25, 0.3) is 0 Å². The summed E-state index contributed by atoms with van der Waals surface area (Å²) in [5, 5.41) is 0. The standard InChI is InChI=1S/C11H12ClFO2/c1-7-3-10(13)8(4-9(7)6-12)5-11(14)15-2/h3-4H,5-6H2,1-2H3. The van der Waals surface area contributed by atoms with E-state index < -0.39 is 11.8 Å². The van der Waals surface area contributed by atoms with Gasteiger partial charge in [0.05, 0.1) is 13.5 Å². The first-order valence-corrected chi connectivity index (χ1v) is 5.02. The highest BCUT2D eigenvalue weighted by Gasteiger charge is 2.10. The fourth-order valence-electron chi connectivity index (χ4n) is 1.28. The molecule has 0 amide bonds. The van der Waals surface area contributed by atoms with Crippen molar-refractivity contribution < 1.29 is 13.9 Å². The van der Waals surface area contributed by atoms with Crippen LogP contribution in [0.5, 0.6) is 0 Å². The first kappa shape index (κ1) is 12.0. The summed E-state index contributed by atoms with van der Waals surface area (Å²) in [5.41, 5.74) is 1.94. The molecule has 0 aliphatic rings. The Kier molecular flexibility index (Phi) is 4.09. The van der Waals surface area contributed by atoms with Gasteiger partial charge in [-0.1, -0.05) is 6.07 Å². The summed E-state index contributed by atoms with van der Waals surface area (Å²) in [6.45, 7) is 1.78. The van der Waals surface area contributed by atoms with Gasteiger partial charge in [0.1, 0.15) is 5.82 Å². The van der Waals surface area contributed by atoms with Crippen LogP contribution in [-0.2, 0) is 21.8 Å². The first-order valence-electron chi connectivity index (χ1n) is 4.49. The maximum Gasteiger partial charge on any atom is 0.310 e. The molecule has 0 spiro atoms. The summed E-state index contributed by atoms with van der Waals surface area (Å²) in [5.74, 6) is -0.551. The Morgan fingerprint density at radius 1 is 1.47 bits per heavy atom. The molecule has 0 aromatic heterocycles. The number of hydrogen-bond donors (Lipinski definition) is 0. The minimum Gasteiger partial charge on any atom is -0.469 e. The van der Waals surface area contributed by atoms with Gasteiger partial charge in [-0.2, -0.15) is 0 Å². The fraction of sp³-hybridized carbons (Fsp3) is 0.364. The zero-order valence-corrected chi connectivity index (χ0v) is 9.40. The van der Waals surface area contributed by atoms with Crippen LogP contribution in [0.25, 0.3) is 0 Å². The Hall–Kier alpha value is -1.09. The molecule has 0 aliphatic heterocycles. The minimum atomic E-state index is -0.460. The smallest absolute Gasteiger partial charge is 0.310 e. The van der Waals surface area contributed by atoms with E-state index in [1.54, 1.807) is 13.0 Å². The maximum atomic E-state index is 13.4. The predicted octanol–water partition coefficient (Wildman–Crippen LogP) is 2.59. The van der Waals surface area contributed by atoms with E-state index in [4.69, 9.17) is 11.6 Å². The minimum absolute atomic E-state index is 0.0630. The molecule has 0 atom stereocenters. The van der Waals surface area contributed by atoms with Gasteiger partial charge in [0.15, 0.2) is 0 Å². The van der Waals surface area contributed by atoms with Crippen molar-refractivity contribution in [2.75, 3.05) is 7.11 Å². The molecule has 15 heavy (non-hydrogen) atoms. The molecule has 0 N–H and O–H groups in total.